The molecule has 0 aromatic heterocycles. The van der Waals surface area contributed by atoms with Crippen LogP contribution in [0.25, 0.3) is 0 Å². The van der Waals surface area contributed by atoms with Crippen molar-refractivity contribution in [2.45, 2.75) is 23.7 Å². The van der Waals surface area contributed by atoms with E-state index in [9.17, 15) is 18.3 Å². The van der Waals surface area contributed by atoms with E-state index in [1.165, 1.54) is 24.3 Å². The van der Waals surface area contributed by atoms with Crippen LogP contribution in [0.5, 0.6) is 5.75 Å². The average Bonchev–Trinajstić information content (AvgIpc) is 2.80. The Balaban J connectivity index is 1.48. The Kier molecular flexibility index (Phi) is 6.39. The van der Waals surface area contributed by atoms with E-state index in [4.69, 9.17) is 11.6 Å². The molecule has 8 heteroatoms. The molecule has 1 aliphatic heterocycles. The number of amides is 1. The summed E-state index contributed by atoms with van der Waals surface area (Å²) in [4.78, 5) is 15.0. The van der Waals surface area contributed by atoms with Gasteiger partial charge in [0.15, 0.2) is 0 Å². The van der Waals surface area contributed by atoms with Crippen molar-refractivity contribution in [3.05, 3.63) is 88.9 Å². The summed E-state index contributed by atoms with van der Waals surface area (Å²) in [6.45, 7) is 1.14. The molecule has 0 saturated carbocycles. The zero-order valence-electron chi connectivity index (χ0n) is 17.2. The lowest BCUT2D eigenvalue weighted by molar-refractivity contribution is 0.0714. The van der Waals surface area contributed by atoms with Crippen LogP contribution in [0.3, 0.4) is 0 Å². The zero-order chi connectivity index (χ0) is 22.7. The number of nitrogens with zero attached hydrogens (tertiary/aromatic N) is 1. The number of hydrogen-bond donors (Lipinski definition) is 2. The van der Waals surface area contributed by atoms with Gasteiger partial charge in [-0.1, -0.05) is 35.9 Å². The van der Waals surface area contributed by atoms with E-state index in [0.29, 0.717) is 29.6 Å². The molecule has 1 heterocycles. The van der Waals surface area contributed by atoms with E-state index in [1.54, 1.807) is 41.3 Å². The number of anilines is 1. The van der Waals surface area contributed by atoms with Crippen molar-refractivity contribution < 1.29 is 18.3 Å². The minimum Gasteiger partial charge on any atom is -0.508 e. The summed E-state index contributed by atoms with van der Waals surface area (Å²) in [6.07, 6.45) is 1.60. The normalized spacial score (nSPS) is 14.8. The van der Waals surface area contributed by atoms with E-state index in [0.717, 1.165) is 18.4 Å². The molecule has 0 atom stereocenters. The zero-order valence-corrected chi connectivity index (χ0v) is 18.8. The molecule has 3 aromatic carbocycles. The highest BCUT2D eigenvalue weighted by Gasteiger charge is 2.27. The number of carbonyl (C=O) groups excluding carboxylic acids is 1. The lowest BCUT2D eigenvalue weighted by Gasteiger charge is -2.32. The molecule has 6 nitrogen and oxygen atoms in total. The van der Waals surface area contributed by atoms with Gasteiger partial charge in [0, 0.05) is 18.1 Å². The minimum absolute atomic E-state index is 0.0684. The van der Waals surface area contributed by atoms with Crippen LogP contribution < -0.4 is 4.72 Å². The maximum absolute atomic E-state index is 13.2. The fourth-order valence-corrected chi connectivity index (χ4v) is 5.11. The molecule has 4 rings (SSSR count). The van der Waals surface area contributed by atoms with Crippen molar-refractivity contribution in [1.29, 1.82) is 0 Å². The summed E-state index contributed by atoms with van der Waals surface area (Å²) < 4.78 is 28.1. The third-order valence-electron chi connectivity index (χ3n) is 5.67. The summed E-state index contributed by atoms with van der Waals surface area (Å²) in [6, 6.07) is 19.7. The van der Waals surface area contributed by atoms with Crippen LogP contribution in [-0.4, -0.2) is 37.4 Å². The molecule has 3 aromatic rings. The third kappa shape index (κ3) is 4.89. The van der Waals surface area contributed by atoms with Crippen molar-refractivity contribution in [1.82, 2.24) is 4.90 Å². The Labute approximate surface area is 192 Å². The first-order valence-corrected chi connectivity index (χ1v) is 12.2. The number of carbonyl (C=O) groups is 1. The van der Waals surface area contributed by atoms with Crippen LogP contribution in [0, 0.1) is 0 Å². The first kappa shape index (κ1) is 22.2. The molecule has 32 heavy (non-hydrogen) atoms. The van der Waals surface area contributed by atoms with Crippen LogP contribution in [0.15, 0.2) is 77.7 Å². The van der Waals surface area contributed by atoms with Crippen LogP contribution in [0.4, 0.5) is 5.69 Å². The van der Waals surface area contributed by atoms with Gasteiger partial charge in [0.1, 0.15) is 5.75 Å². The number of piperidine rings is 1. The van der Waals surface area contributed by atoms with E-state index in [2.05, 4.69) is 4.72 Å². The number of benzene rings is 3. The van der Waals surface area contributed by atoms with Gasteiger partial charge in [0.2, 0.25) is 0 Å². The fourth-order valence-electron chi connectivity index (χ4n) is 3.91. The summed E-state index contributed by atoms with van der Waals surface area (Å²) in [7, 11) is -3.86. The molecule has 1 saturated heterocycles. The highest BCUT2D eigenvalue weighted by molar-refractivity contribution is 7.92. The Hall–Kier alpha value is -3.03. The molecule has 2 N–H and O–H groups in total. The molecule has 1 aliphatic rings. The van der Waals surface area contributed by atoms with E-state index >= 15 is 0 Å². The Bertz CT molecular complexity index is 1200. The van der Waals surface area contributed by atoms with Gasteiger partial charge in [-0.3, -0.25) is 9.52 Å². The van der Waals surface area contributed by atoms with Crippen LogP contribution >= 0.6 is 11.6 Å². The number of nitrogens with one attached hydrogen (secondary N) is 1. The Morgan fingerprint density at radius 1 is 0.938 bits per heavy atom. The molecular formula is C24H23ClN2O4S. The topological polar surface area (TPSA) is 86.7 Å². The number of sulfonamides is 1. The van der Waals surface area contributed by atoms with Crippen molar-refractivity contribution in [2.75, 3.05) is 17.8 Å². The maximum Gasteiger partial charge on any atom is 0.261 e. The lowest BCUT2D eigenvalue weighted by atomic mass is 9.89. The molecule has 0 spiro atoms. The van der Waals surface area contributed by atoms with Gasteiger partial charge < -0.3 is 10.0 Å². The Morgan fingerprint density at radius 3 is 2.22 bits per heavy atom. The smallest absolute Gasteiger partial charge is 0.261 e. The van der Waals surface area contributed by atoms with Gasteiger partial charge in [0.05, 0.1) is 16.1 Å². The SMILES string of the molecule is O=C(c1ccccc1NS(=O)(=O)c1ccc(Cl)cc1)N1CCC(c2ccc(O)cc2)CC1. The van der Waals surface area contributed by atoms with Gasteiger partial charge in [-0.2, -0.15) is 0 Å². The number of aromatic hydroxyl groups is 1. The van der Waals surface area contributed by atoms with Crippen LogP contribution in [0.2, 0.25) is 5.02 Å². The van der Waals surface area contributed by atoms with Crippen molar-refractivity contribution in [3.8, 4) is 5.75 Å². The number of phenolic OH excluding ortho intramolecular Hbond substituents is 1. The first-order chi connectivity index (χ1) is 15.3. The summed E-state index contributed by atoms with van der Waals surface area (Å²) in [5.41, 5.74) is 1.70. The maximum atomic E-state index is 13.2. The van der Waals surface area contributed by atoms with Gasteiger partial charge in [-0.25, -0.2) is 8.42 Å². The first-order valence-electron chi connectivity index (χ1n) is 10.3. The highest BCUT2D eigenvalue weighted by atomic mass is 35.5. The van der Waals surface area contributed by atoms with Gasteiger partial charge in [-0.05, 0) is 72.9 Å². The standard InChI is InChI=1S/C24H23ClN2O4S/c25-19-7-11-21(12-8-19)32(30,31)26-23-4-2-1-3-22(23)24(29)27-15-13-18(14-16-27)17-5-9-20(28)10-6-17/h1-12,18,26,28H,13-16H2. The number of rotatable bonds is 5. The third-order valence-corrected chi connectivity index (χ3v) is 7.31. The van der Waals surface area contributed by atoms with Crippen molar-refractivity contribution in [2.24, 2.45) is 0 Å². The molecule has 166 valence electrons. The minimum atomic E-state index is -3.86. The molecule has 0 bridgehead atoms. The molecule has 0 aliphatic carbocycles. The predicted molar refractivity (Wildman–Crippen MR) is 125 cm³/mol. The van der Waals surface area contributed by atoms with Crippen molar-refractivity contribution in [3.63, 3.8) is 0 Å². The fraction of sp³-hybridized carbons (Fsp3) is 0.208. The molecule has 1 amide bonds. The van der Waals surface area contributed by atoms with E-state index in [-0.39, 0.29) is 22.2 Å². The summed E-state index contributed by atoms with van der Waals surface area (Å²) in [5.74, 6) is 0.348. The molecule has 0 radical (unpaired) electrons. The van der Waals surface area contributed by atoms with E-state index in [1.807, 2.05) is 12.1 Å². The monoisotopic (exact) mass is 470 g/mol. The van der Waals surface area contributed by atoms with Crippen molar-refractivity contribution >= 4 is 33.2 Å². The number of likely N-dealkylation sites (tertiary alicyclic amines) is 1. The van der Waals surface area contributed by atoms with Gasteiger partial charge in [0.25, 0.3) is 15.9 Å². The summed E-state index contributed by atoms with van der Waals surface area (Å²) in [5, 5.41) is 9.92. The van der Waals surface area contributed by atoms with Crippen LogP contribution in [0.1, 0.15) is 34.7 Å². The van der Waals surface area contributed by atoms with Gasteiger partial charge >= 0.3 is 0 Å². The Morgan fingerprint density at radius 2 is 1.56 bits per heavy atom. The number of halogens is 1. The second-order valence-electron chi connectivity index (χ2n) is 7.76. The number of para-hydroxylation sites is 1. The molecule has 0 unspecified atom stereocenters. The second-order valence-corrected chi connectivity index (χ2v) is 9.88. The number of hydrogen-bond acceptors (Lipinski definition) is 4. The predicted octanol–water partition coefficient (Wildman–Crippen LogP) is 4.87. The summed E-state index contributed by atoms with van der Waals surface area (Å²) >= 11 is 5.85. The second kappa shape index (κ2) is 9.22. The highest BCUT2D eigenvalue weighted by Crippen LogP contribution is 2.30. The van der Waals surface area contributed by atoms with Gasteiger partial charge in [-0.15, -0.1) is 0 Å². The van der Waals surface area contributed by atoms with Crippen LogP contribution in [-0.2, 0) is 10.0 Å². The largest absolute Gasteiger partial charge is 0.508 e. The quantitative estimate of drug-likeness (QED) is 0.557. The molecular weight excluding hydrogens is 448 g/mol. The molecule has 1 fully saturated rings. The number of phenols is 1. The average molecular weight is 471 g/mol. The van der Waals surface area contributed by atoms with E-state index < -0.39 is 10.0 Å². The lowest BCUT2D eigenvalue weighted by Crippen LogP contribution is -2.38.